The molecule has 0 unspecified atom stereocenters. The van der Waals surface area contributed by atoms with Gasteiger partial charge in [0.25, 0.3) is 15.9 Å². The molecule has 2 amide bonds. The molecule has 0 fully saturated rings. The number of amides is 2. The number of sulfonamides is 1. The second kappa shape index (κ2) is 14.1. The van der Waals surface area contributed by atoms with Crippen molar-refractivity contribution in [3.63, 3.8) is 0 Å². The van der Waals surface area contributed by atoms with Crippen LogP contribution in [0.25, 0.3) is 17.2 Å². The molecule has 5 rings (SSSR count). The number of rotatable bonds is 10. The summed E-state index contributed by atoms with van der Waals surface area (Å²) >= 11 is 1.21. The molecule has 0 atom stereocenters. The zero-order valence-corrected chi connectivity index (χ0v) is 27.4. The number of benzene rings is 4. The van der Waals surface area contributed by atoms with Crippen LogP contribution in [0.4, 0.5) is 5.69 Å². The Morgan fingerprint density at radius 3 is 2.33 bits per heavy atom. The monoisotopic (exact) mass is 655 g/mol. The Labute approximate surface area is 272 Å². The van der Waals surface area contributed by atoms with Crippen LogP contribution in [0.3, 0.4) is 0 Å². The highest BCUT2D eigenvalue weighted by atomic mass is 32.2. The molecule has 4 aromatic rings. The van der Waals surface area contributed by atoms with Gasteiger partial charge in [-0.25, -0.2) is 13.1 Å². The minimum atomic E-state index is -3.96. The fourth-order valence-electron chi connectivity index (χ4n) is 4.64. The molecule has 1 heterocycles. The molecule has 0 spiro atoms. The number of methoxy groups -OCH3 is 1. The average molecular weight is 656 g/mol. The summed E-state index contributed by atoms with van der Waals surface area (Å²) in [5, 5.41) is 3.54. The van der Waals surface area contributed by atoms with Gasteiger partial charge in [-0.05, 0) is 91.7 Å². The number of aliphatic imine (C=N–C) groups is 1. The van der Waals surface area contributed by atoms with Crippen molar-refractivity contribution in [2.75, 3.05) is 12.4 Å². The highest BCUT2D eigenvalue weighted by Crippen LogP contribution is 2.41. The molecular formula is C35H33N3O6S2. The van der Waals surface area contributed by atoms with Crippen molar-refractivity contribution in [2.24, 2.45) is 4.99 Å². The van der Waals surface area contributed by atoms with Gasteiger partial charge in [0.2, 0.25) is 5.91 Å². The molecule has 46 heavy (non-hydrogen) atoms. The number of nitrogens with zero attached hydrogens (tertiary/aromatic N) is 1. The Hall–Kier alpha value is -4.87. The van der Waals surface area contributed by atoms with Gasteiger partial charge in [0.1, 0.15) is 0 Å². The van der Waals surface area contributed by atoms with Crippen molar-refractivity contribution in [2.45, 2.75) is 38.2 Å². The summed E-state index contributed by atoms with van der Waals surface area (Å²) < 4.78 is 39.0. The lowest BCUT2D eigenvalue weighted by atomic mass is 10.0. The Bertz CT molecular complexity index is 1920. The van der Waals surface area contributed by atoms with Gasteiger partial charge in [-0.3, -0.25) is 9.59 Å². The lowest BCUT2D eigenvalue weighted by Gasteiger charge is -2.19. The standard InChI is InChI=1S/C35H33N3O6S2/c1-22(2)44-33-29(26-8-6-5-7-9-26)18-25(19-30(33)43-4)20-31-34(40)37-35(45-31)36-27-14-12-24(13-15-27)21-32(39)38-46(41,42)28-16-10-23(3)11-17-28/h5-20,22H,21H2,1-4H3,(H,38,39)(H,36,37,40). The van der Waals surface area contributed by atoms with Crippen LogP contribution < -0.4 is 19.5 Å². The van der Waals surface area contributed by atoms with E-state index in [0.717, 1.165) is 22.3 Å². The maximum absolute atomic E-state index is 12.8. The smallest absolute Gasteiger partial charge is 0.286 e. The molecule has 4 aromatic carbocycles. The second-order valence-electron chi connectivity index (χ2n) is 10.8. The van der Waals surface area contributed by atoms with E-state index in [1.807, 2.05) is 63.2 Å². The first-order chi connectivity index (χ1) is 22.0. The van der Waals surface area contributed by atoms with E-state index in [1.165, 1.54) is 23.9 Å². The first-order valence-corrected chi connectivity index (χ1v) is 16.8. The molecular weight excluding hydrogens is 623 g/mol. The summed E-state index contributed by atoms with van der Waals surface area (Å²) in [5.41, 5.74) is 4.74. The molecule has 1 aliphatic heterocycles. The van der Waals surface area contributed by atoms with Gasteiger partial charge in [0, 0.05) is 11.3 Å². The van der Waals surface area contributed by atoms with Gasteiger partial charge < -0.3 is 14.8 Å². The number of hydrogen-bond acceptors (Lipinski definition) is 8. The predicted octanol–water partition coefficient (Wildman–Crippen LogP) is 6.59. The third-order valence-electron chi connectivity index (χ3n) is 6.80. The summed E-state index contributed by atoms with van der Waals surface area (Å²) in [6.45, 7) is 5.75. The molecule has 2 N–H and O–H groups in total. The summed E-state index contributed by atoms with van der Waals surface area (Å²) in [7, 11) is -2.38. The quantitative estimate of drug-likeness (QED) is 0.184. The average Bonchev–Trinajstić information content (AvgIpc) is 3.36. The second-order valence-corrected chi connectivity index (χ2v) is 13.5. The van der Waals surface area contributed by atoms with Crippen molar-refractivity contribution in [1.29, 1.82) is 0 Å². The Kier molecular flexibility index (Phi) is 9.93. The van der Waals surface area contributed by atoms with Crippen LogP contribution in [-0.2, 0) is 26.0 Å². The number of carbonyl (C=O) groups excluding carboxylic acids is 2. The molecule has 0 aromatic heterocycles. The van der Waals surface area contributed by atoms with Crippen molar-refractivity contribution < 1.29 is 27.5 Å². The van der Waals surface area contributed by atoms with E-state index in [-0.39, 0.29) is 23.3 Å². The highest BCUT2D eigenvalue weighted by molar-refractivity contribution is 8.18. The summed E-state index contributed by atoms with van der Waals surface area (Å²) in [6, 6.07) is 26.7. The largest absolute Gasteiger partial charge is 0.493 e. The Morgan fingerprint density at radius 2 is 1.67 bits per heavy atom. The van der Waals surface area contributed by atoms with Gasteiger partial charge in [0.15, 0.2) is 16.7 Å². The van der Waals surface area contributed by atoms with E-state index in [9.17, 15) is 18.0 Å². The van der Waals surface area contributed by atoms with Crippen LogP contribution in [0.15, 0.2) is 106 Å². The van der Waals surface area contributed by atoms with E-state index in [2.05, 4.69) is 15.0 Å². The summed E-state index contributed by atoms with van der Waals surface area (Å²) in [4.78, 5) is 29.9. The first kappa shape index (κ1) is 32.5. The first-order valence-electron chi connectivity index (χ1n) is 14.5. The summed E-state index contributed by atoms with van der Waals surface area (Å²) in [5.74, 6) is 0.161. The molecule has 236 valence electrons. The fourth-order valence-corrected chi connectivity index (χ4v) is 6.46. The number of carbonyl (C=O) groups is 2. The molecule has 9 nitrogen and oxygen atoms in total. The number of ether oxygens (including phenoxy) is 2. The van der Waals surface area contributed by atoms with Crippen LogP contribution >= 0.6 is 11.8 Å². The molecule has 0 aliphatic carbocycles. The number of aryl methyl sites for hydroxylation is 1. The molecule has 0 radical (unpaired) electrons. The van der Waals surface area contributed by atoms with Crippen molar-refractivity contribution in [3.8, 4) is 22.6 Å². The van der Waals surface area contributed by atoms with E-state index in [4.69, 9.17) is 9.47 Å². The van der Waals surface area contributed by atoms with Crippen molar-refractivity contribution >= 4 is 50.5 Å². The third-order valence-corrected chi connectivity index (χ3v) is 9.09. The lowest BCUT2D eigenvalue weighted by Crippen LogP contribution is -2.31. The van der Waals surface area contributed by atoms with Gasteiger partial charge in [0.05, 0.1) is 29.4 Å². The van der Waals surface area contributed by atoms with E-state index in [1.54, 1.807) is 49.6 Å². The number of thioether (sulfide) groups is 1. The van der Waals surface area contributed by atoms with Gasteiger partial charge >= 0.3 is 0 Å². The lowest BCUT2D eigenvalue weighted by molar-refractivity contribution is -0.118. The van der Waals surface area contributed by atoms with Crippen LogP contribution in [0.1, 0.15) is 30.5 Å². The van der Waals surface area contributed by atoms with Crippen LogP contribution in [0.5, 0.6) is 11.5 Å². The fraction of sp³-hybridized carbons (Fsp3) is 0.171. The highest BCUT2D eigenvalue weighted by Gasteiger charge is 2.24. The zero-order valence-electron chi connectivity index (χ0n) is 25.7. The minimum absolute atomic E-state index is 0.0248. The summed E-state index contributed by atoms with van der Waals surface area (Å²) in [6.07, 6.45) is 1.58. The Balaban J connectivity index is 1.26. The number of nitrogens with one attached hydrogen (secondary N) is 2. The van der Waals surface area contributed by atoms with Crippen LogP contribution in [0, 0.1) is 6.92 Å². The molecule has 1 aliphatic rings. The maximum atomic E-state index is 12.8. The molecule has 11 heteroatoms. The molecule has 0 saturated heterocycles. The maximum Gasteiger partial charge on any atom is 0.286 e. The molecule has 0 saturated carbocycles. The van der Waals surface area contributed by atoms with Crippen molar-refractivity contribution in [3.05, 3.63) is 113 Å². The van der Waals surface area contributed by atoms with Crippen LogP contribution in [-0.4, -0.2) is 38.6 Å². The van der Waals surface area contributed by atoms with Crippen molar-refractivity contribution in [1.82, 2.24) is 4.72 Å². The van der Waals surface area contributed by atoms with E-state index in [0.29, 0.717) is 32.8 Å². The van der Waals surface area contributed by atoms with Gasteiger partial charge in [-0.15, -0.1) is 0 Å². The number of anilines is 1. The zero-order chi connectivity index (χ0) is 32.8. The van der Waals surface area contributed by atoms with E-state index >= 15 is 0 Å². The number of hydrogen-bond donors (Lipinski definition) is 2. The van der Waals surface area contributed by atoms with Gasteiger partial charge in [-0.2, -0.15) is 4.99 Å². The minimum Gasteiger partial charge on any atom is -0.493 e. The normalized spacial score (nSPS) is 13.9. The van der Waals surface area contributed by atoms with Crippen LogP contribution in [0.2, 0.25) is 0 Å². The SMILES string of the molecule is COc1cc(C=C2SC(Nc3ccc(CC(=O)NS(=O)(=O)c4ccc(C)cc4)cc3)=NC2=O)cc(-c2ccccc2)c1OC(C)C. The van der Waals surface area contributed by atoms with E-state index < -0.39 is 15.9 Å². The third kappa shape index (κ3) is 8.04. The number of amidine groups is 1. The topological polar surface area (TPSA) is 123 Å². The Morgan fingerprint density at radius 1 is 0.978 bits per heavy atom. The van der Waals surface area contributed by atoms with Gasteiger partial charge in [-0.1, -0.05) is 60.2 Å². The molecule has 0 bridgehead atoms. The predicted molar refractivity (Wildman–Crippen MR) is 182 cm³/mol.